The van der Waals surface area contributed by atoms with Gasteiger partial charge in [0.1, 0.15) is 5.82 Å². The Hall–Kier alpha value is -1.75. The van der Waals surface area contributed by atoms with E-state index in [4.69, 9.17) is 5.11 Å². The second kappa shape index (κ2) is 5.05. The first-order valence-corrected chi connectivity index (χ1v) is 5.79. The molecular formula is C12H16N4O. The lowest BCUT2D eigenvalue weighted by atomic mass is 10.3. The Kier molecular flexibility index (Phi) is 3.49. The predicted octanol–water partition coefficient (Wildman–Crippen LogP) is 1.28. The number of aliphatic hydroxyl groups is 1. The lowest BCUT2D eigenvalue weighted by molar-refractivity contribution is 0.281. The quantitative estimate of drug-likeness (QED) is 0.862. The van der Waals surface area contributed by atoms with Gasteiger partial charge in [-0.1, -0.05) is 19.9 Å². The monoisotopic (exact) mass is 232 g/mol. The largest absolute Gasteiger partial charge is 0.392 e. The maximum absolute atomic E-state index is 8.97. The number of aromatic nitrogens is 4. The fourth-order valence-electron chi connectivity index (χ4n) is 1.59. The lowest BCUT2D eigenvalue weighted by Gasteiger charge is -2.03. The van der Waals surface area contributed by atoms with Gasteiger partial charge in [-0.2, -0.15) is 4.68 Å². The predicted molar refractivity (Wildman–Crippen MR) is 63.8 cm³/mol. The van der Waals surface area contributed by atoms with Crippen molar-refractivity contribution in [1.82, 2.24) is 19.7 Å². The molecule has 0 atom stereocenters. The summed E-state index contributed by atoms with van der Waals surface area (Å²) in [5.74, 6) is 2.48. The SMILES string of the molecule is CCc1nc(CC)n(-c2ccc(CO)cn2)n1. The van der Waals surface area contributed by atoms with Crippen molar-refractivity contribution in [2.24, 2.45) is 0 Å². The third kappa shape index (κ3) is 2.34. The van der Waals surface area contributed by atoms with Crippen LogP contribution in [0.25, 0.3) is 5.82 Å². The van der Waals surface area contributed by atoms with Gasteiger partial charge in [0, 0.05) is 19.0 Å². The lowest BCUT2D eigenvalue weighted by Crippen LogP contribution is -2.04. The summed E-state index contributed by atoms with van der Waals surface area (Å²) in [7, 11) is 0. The molecule has 2 aromatic rings. The average molecular weight is 232 g/mol. The zero-order valence-corrected chi connectivity index (χ0v) is 10.1. The van der Waals surface area contributed by atoms with E-state index in [0.29, 0.717) is 0 Å². The third-order valence-electron chi connectivity index (χ3n) is 2.56. The van der Waals surface area contributed by atoms with Gasteiger partial charge < -0.3 is 5.11 Å². The molecule has 17 heavy (non-hydrogen) atoms. The van der Waals surface area contributed by atoms with Crippen molar-refractivity contribution < 1.29 is 5.11 Å². The summed E-state index contributed by atoms with van der Waals surface area (Å²) < 4.78 is 1.76. The van der Waals surface area contributed by atoms with Crippen LogP contribution in [-0.2, 0) is 19.4 Å². The van der Waals surface area contributed by atoms with E-state index in [1.165, 1.54) is 0 Å². The standard InChI is InChI=1S/C12H16N4O/c1-3-10-14-11(4-2)16(15-10)12-6-5-9(8-17)7-13-12/h5-7,17H,3-4,8H2,1-2H3. The van der Waals surface area contributed by atoms with Gasteiger partial charge in [-0.15, -0.1) is 5.10 Å². The molecule has 0 fully saturated rings. The number of aryl methyl sites for hydroxylation is 2. The first kappa shape index (κ1) is 11.7. The molecule has 2 heterocycles. The van der Waals surface area contributed by atoms with Gasteiger partial charge in [0.2, 0.25) is 0 Å². The fraction of sp³-hybridized carbons (Fsp3) is 0.417. The summed E-state index contributed by atoms with van der Waals surface area (Å²) in [6, 6.07) is 3.69. The van der Waals surface area contributed by atoms with Crippen molar-refractivity contribution >= 4 is 0 Å². The Morgan fingerprint density at radius 1 is 1.24 bits per heavy atom. The Morgan fingerprint density at radius 3 is 2.59 bits per heavy atom. The van der Waals surface area contributed by atoms with Gasteiger partial charge in [-0.25, -0.2) is 9.97 Å². The molecule has 0 aromatic carbocycles. The molecule has 2 aromatic heterocycles. The molecule has 0 aliphatic heterocycles. The number of aliphatic hydroxyl groups excluding tert-OH is 1. The van der Waals surface area contributed by atoms with Crippen molar-refractivity contribution in [2.45, 2.75) is 33.3 Å². The van der Waals surface area contributed by atoms with E-state index >= 15 is 0 Å². The third-order valence-corrected chi connectivity index (χ3v) is 2.56. The summed E-state index contributed by atoms with van der Waals surface area (Å²) >= 11 is 0. The minimum Gasteiger partial charge on any atom is -0.392 e. The second-order valence-corrected chi connectivity index (χ2v) is 3.75. The summed E-state index contributed by atoms with van der Waals surface area (Å²) in [5, 5.41) is 13.4. The van der Waals surface area contributed by atoms with Gasteiger partial charge >= 0.3 is 0 Å². The van der Waals surface area contributed by atoms with Crippen LogP contribution >= 0.6 is 0 Å². The van der Waals surface area contributed by atoms with Crippen LogP contribution in [0.15, 0.2) is 18.3 Å². The summed E-state index contributed by atoms with van der Waals surface area (Å²) in [4.78, 5) is 8.71. The van der Waals surface area contributed by atoms with E-state index in [9.17, 15) is 0 Å². The van der Waals surface area contributed by atoms with Crippen molar-refractivity contribution in [3.8, 4) is 5.82 Å². The molecule has 2 rings (SSSR count). The summed E-state index contributed by atoms with van der Waals surface area (Å²) in [6.45, 7) is 4.08. The van der Waals surface area contributed by atoms with E-state index in [-0.39, 0.29) is 6.61 Å². The van der Waals surface area contributed by atoms with Crippen molar-refractivity contribution in [3.05, 3.63) is 35.5 Å². The molecule has 0 aliphatic rings. The molecule has 0 saturated heterocycles. The molecule has 0 radical (unpaired) electrons. The fourth-order valence-corrected chi connectivity index (χ4v) is 1.59. The van der Waals surface area contributed by atoms with Crippen molar-refractivity contribution in [2.75, 3.05) is 0 Å². The Labute approximate surface area is 100 Å². The van der Waals surface area contributed by atoms with E-state index in [0.717, 1.165) is 35.9 Å². The van der Waals surface area contributed by atoms with Crippen LogP contribution in [0, 0.1) is 0 Å². The molecule has 90 valence electrons. The van der Waals surface area contributed by atoms with Crippen LogP contribution in [-0.4, -0.2) is 24.9 Å². The number of hydrogen-bond acceptors (Lipinski definition) is 4. The normalized spacial score (nSPS) is 10.8. The van der Waals surface area contributed by atoms with E-state index in [1.54, 1.807) is 10.9 Å². The van der Waals surface area contributed by atoms with Gasteiger partial charge in [-0.3, -0.25) is 0 Å². The zero-order chi connectivity index (χ0) is 12.3. The van der Waals surface area contributed by atoms with Gasteiger partial charge in [0.15, 0.2) is 11.6 Å². The Balaban J connectivity index is 2.40. The first-order valence-electron chi connectivity index (χ1n) is 5.79. The van der Waals surface area contributed by atoms with E-state index in [1.807, 2.05) is 26.0 Å². The van der Waals surface area contributed by atoms with E-state index < -0.39 is 0 Å². The average Bonchev–Trinajstić information content (AvgIpc) is 2.82. The van der Waals surface area contributed by atoms with E-state index in [2.05, 4.69) is 15.1 Å². The molecule has 0 bridgehead atoms. The summed E-state index contributed by atoms with van der Waals surface area (Å²) in [5.41, 5.74) is 0.794. The van der Waals surface area contributed by atoms with Gasteiger partial charge in [-0.05, 0) is 11.6 Å². The molecule has 1 N–H and O–H groups in total. The highest BCUT2D eigenvalue weighted by Crippen LogP contribution is 2.09. The smallest absolute Gasteiger partial charge is 0.155 e. The maximum atomic E-state index is 8.97. The molecule has 0 saturated carbocycles. The molecule has 0 spiro atoms. The number of rotatable bonds is 4. The molecular weight excluding hydrogens is 216 g/mol. The number of hydrogen-bond donors (Lipinski definition) is 1. The highest BCUT2D eigenvalue weighted by Gasteiger charge is 2.09. The van der Waals surface area contributed by atoms with Gasteiger partial charge in [0.25, 0.3) is 0 Å². The van der Waals surface area contributed by atoms with Crippen LogP contribution in [0.3, 0.4) is 0 Å². The zero-order valence-electron chi connectivity index (χ0n) is 10.1. The summed E-state index contributed by atoms with van der Waals surface area (Å²) in [6.07, 6.45) is 3.28. The molecule has 0 amide bonds. The second-order valence-electron chi connectivity index (χ2n) is 3.75. The van der Waals surface area contributed by atoms with Crippen molar-refractivity contribution in [1.29, 1.82) is 0 Å². The number of pyridine rings is 1. The van der Waals surface area contributed by atoms with Gasteiger partial charge in [0.05, 0.1) is 6.61 Å². The Bertz CT molecular complexity index is 490. The topological polar surface area (TPSA) is 63.8 Å². The molecule has 5 nitrogen and oxygen atoms in total. The van der Waals surface area contributed by atoms with Crippen LogP contribution in [0.4, 0.5) is 0 Å². The highest BCUT2D eigenvalue weighted by atomic mass is 16.3. The van der Waals surface area contributed by atoms with Crippen LogP contribution < -0.4 is 0 Å². The highest BCUT2D eigenvalue weighted by molar-refractivity contribution is 5.25. The molecule has 5 heteroatoms. The first-order chi connectivity index (χ1) is 8.28. The van der Waals surface area contributed by atoms with Crippen LogP contribution in [0.2, 0.25) is 0 Å². The molecule has 0 unspecified atom stereocenters. The minimum absolute atomic E-state index is 0.00544. The van der Waals surface area contributed by atoms with Crippen molar-refractivity contribution in [3.63, 3.8) is 0 Å². The Morgan fingerprint density at radius 2 is 2.06 bits per heavy atom. The molecule has 0 aliphatic carbocycles. The van der Waals surface area contributed by atoms with Crippen LogP contribution in [0.5, 0.6) is 0 Å². The number of nitrogens with zero attached hydrogens (tertiary/aromatic N) is 4. The minimum atomic E-state index is 0.00544. The maximum Gasteiger partial charge on any atom is 0.155 e. The van der Waals surface area contributed by atoms with Crippen LogP contribution in [0.1, 0.15) is 31.1 Å².